The smallest absolute Gasteiger partial charge is 0.341 e. The van der Waals surface area contributed by atoms with Gasteiger partial charge >= 0.3 is 5.97 Å². The molecule has 1 aromatic rings. The average molecular weight is 336 g/mol. The number of rotatable bonds is 4. The van der Waals surface area contributed by atoms with Gasteiger partial charge in [0.2, 0.25) is 5.91 Å². The fraction of sp³-hybridized carbons (Fsp3) is 0.647. The van der Waals surface area contributed by atoms with Gasteiger partial charge in [0.15, 0.2) is 0 Å². The monoisotopic (exact) mass is 336 g/mol. The number of ether oxygens (including phenoxy) is 1. The van der Waals surface area contributed by atoms with Gasteiger partial charge in [0.1, 0.15) is 5.00 Å². The minimum atomic E-state index is -0.341. The summed E-state index contributed by atoms with van der Waals surface area (Å²) < 4.78 is 4.91. The first kappa shape index (κ1) is 16.5. The summed E-state index contributed by atoms with van der Waals surface area (Å²) >= 11 is 1.53. The van der Waals surface area contributed by atoms with E-state index in [0.29, 0.717) is 23.0 Å². The van der Waals surface area contributed by atoms with E-state index in [9.17, 15) is 9.59 Å². The van der Waals surface area contributed by atoms with Gasteiger partial charge in [0.25, 0.3) is 0 Å². The van der Waals surface area contributed by atoms with Crippen molar-refractivity contribution in [1.29, 1.82) is 0 Å². The van der Waals surface area contributed by atoms with Crippen LogP contribution in [0.5, 0.6) is 0 Å². The van der Waals surface area contributed by atoms with Gasteiger partial charge in [0, 0.05) is 11.4 Å². The molecule has 1 saturated heterocycles. The molecule has 1 aromatic heterocycles. The second-order valence-electron chi connectivity index (χ2n) is 6.58. The lowest BCUT2D eigenvalue weighted by Crippen LogP contribution is -2.39. The zero-order valence-corrected chi connectivity index (χ0v) is 14.6. The number of hydrogen-bond donors (Lipinski definition) is 1. The molecule has 2 aliphatic rings. The molecular formula is C17H24N2O3S. The fourth-order valence-corrected chi connectivity index (χ4v) is 4.90. The number of carbonyl (C=O) groups excluding carboxylic acids is 2. The van der Waals surface area contributed by atoms with Crippen LogP contribution in [0.15, 0.2) is 0 Å². The lowest BCUT2D eigenvalue weighted by molar-refractivity contribution is -0.117. The van der Waals surface area contributed by atoms with Crippen LogP contribution in [0.25, 0.3) is 0 Å². The number of amides is 1. The van der Waals surface area contributed by atoms with Crippen molar-refractivity contribution in [2.75, 3.05) is 32.1 Å². The van der Waals surface area contributed by atoms with Gasteiger partial charge in [-0.05, 0) is 50.1 Å². The molecule has 3 rings (SSSR count). The van der Waals surface area contributed by atoms with E-state index < -0.39 is 0 Å². The number of nitrogens with one attached hydrogen (secondary N) is 1. The molecule has 1 aliphatic carbocycles. The van der Waals surface area contributed by atoms with E-state index in [0.717, 1.165) is 44.3 Å². The molecule has 1 amide bonds. The number of piperidine rings is 1. The van der Waals surface area contributed by atoms with Crippen LogP contribution in [0.4, 0.5) is 5.00 Å². The van der Waals surface area contributed by atoms with Crippen molar-refractivity contribution in [1.82, 2.24) is 4.90 Å². The summed E-state index contributed by atoms with van der Waals surface area (Å²) in [7, 11) is 1.39. The highest BCUT2D eigenvalue weighted by Crippen LogP contribution is 2.39. The summed E-state index contributed by atoms with van der Waals surface area (Å²) in [6, 6.07) is 0. The summed E-state index contributed by atoms with van der Waals surface area (Å²) in [5, 5.41) is 3.62. The lowest BCUT2D eigenvalue weighted by atomic mass is 10.0. The highest BCUT2D eigenvalue weighted by molar-refractivity contribution is 7.17. The molecule has 1 fully saturated rings. The summed E-state index contributed by atoms with van der Waals surface area (Å²) in [6.07, 6.45) is 5.35. The lowest BCUT2D eigenvalue weighted by Gasteiger charge is -2.30. The molecule has 23 heavy (non-hydrogen) atoms. The minimum Gasteiger partial charge on any atom is -0.465 e. The van der Waals surface area contributed by atoms with Gasteiger partial charge in [-0.25, -0.2) is 4.79 Å². The van der Waals surface area contributed by atoms with Crippen molar-refractivity contribution >= 4 is 28.2 Å². The van der Waals surface area contributed by atoms with Gasteiger partial charge in [-0.1, -0.05) is 6.92 Å². The molecule has 0 saturated carbocycles. The summed E-state index contributed by atoms with van der Waals surface area (Å²) in [4.78, 5) is 27.9. The number of carbonyl (C=O) groups is 2. The van der Waals surface area contributed by atoms with Crippen molar-refractivity contribution in [2.24, 2.45) is 5.92 Å². The maximum Gasteiger partial charge on any atom is 0.341 e. The first-order valence-electron chi connectivity index (χ1n) is 8.33. The van der Waals surface area contributed by atoms with Crippen LogP contribution in [0.3, 0.4) is 0 Å². The quantitative estimate of drug-likeness (QED) is 0.859. The van der Waals surface area contributed by atoms with Crippen LogP contribution >= 0.6 is 11.3 Å². The van der Waals surface area contributed by atoms with E-state index in [4.69, 9.17) is 4.74 Å². The van der Waals surface area contributed by atoms with Crippen molar-refractivity contribution in [3.8, 4) is 0 Å². The van der Waals surface area contributed by atoms with Crippen LogP contribution in [-0.2, 0) is 22.4 Å². The van der Waals surface area contributed by atoms with Gasteiger partial charge < -0.3 is 10.1 Å². The number of esters is 1. The van der Waals surface area contributed by atoms with E-state index in [1.165, 1.54) is 29.7 Å². The maximum absolute atomic E-state index is 12.4. The number of methoxy groups -OCH3 is 1. The summed E-state index contributed by atoms with van der Waals surface area (Å²) in [6.45, 7) is 4.57. The van der Waals surface area contributed by atoms with E-state index in [1.807, 2.05) is 0 Å². The highest BCUT2D eigenvalue weighted by Gasteiger charge is 2.28. The number of nitrogens with zero attached hydrogens (tertiary/aromatic N) is 1. The molecule has 0 unspecified atom stereocenters. The Kier molecular flexibility index (Phi) is 5.02. The van der Waals surface area contributed by atoms with Gasteiger partial charge in [-0.3, -0.25) is 9.69 Å². The predicted octanol–water partition coefficient (Wildman–Crippen LogP) is 2.69. The van der Waals surface area contributed by atoms with Crippen molar-refractivity contribution < 1.29 is 14.3 Å². The van der Waals surface area contributed by atoms with Crippen molar-refractivity contribution in [3.63, 3.8) is 0 Å². The summed E-state index contributed by atoms with van der Waals surface area (Å²) in [5.74, 6) is 0.267. The number of fused-ring (bicyclic) bond motifs is 1. The molecule has 1 atom stereocenters. The average Bonchev–Trinajstić information content (AvgIpc) is 3.06. The molecular weight excluding hydrogens is 312 g/mol. The highest BCUT2D eigenvalue weighted by atomic mass is 32.1. The first-order valence-corrected chi connectivity index (χ1v) is 9.15. The molecule has 2 heterocycles. The zero-order valence-electron chi connectivity index (χ0n) is 13.8. The first-order chi connectivity index (χ1) is 11.1. The van der Waals surface area contributed by atoms with E-state index in [2.05, 4.69) is 17.1 Å². The minimum absolute atomic E-state index is 0.0378. The molecule has 0 aromatic carbocycles. The number of likely N-dealkylation sites (tertiary alicyclic amines) is 1. The molecule has 126 valence electrons. The Morgan fingerprint density at radius 1 is 1.35 bits per heavy atom. The van der Waals surface area contributed by atoms with E-state index in [1.54, 1.807) is 0 Å². The van der Waals surface area contributed by atoms with Crippen LogP contribution < -0.4 is 5.32 Å². The normalized spacial score (nSPS) is 21.0. The molecule has 0 bridgehead atoms. The Balaban J connectivity index is 1.70. The summed E-state index contributed by atoms with van der Waals surface area (Å²) in [5.41, 5.74) is 1.65. The second kappa shape index (κ2) is 7.01. The molecule has 1 N–H and O–H groups in total. The third-order valence-corrected chi connectivity index (χ3v) is 5.88. The fourth-order valence-electron chi connectivity index (χ4n) is 3.61. The molecule has 6 heteroatoms. The number of thiophene rings is 1. The molecule has 1 aliphatic heterocycles. The Hall–Kier alpha value is -1.40. The van der Waals surface area contributed by atoms with Gasteiger partial charge in [-0.15, -0.1) is 11.3 Å². The number of hydrogen-bond acceptors (Lipinski definition) is 5. The maximum atomic E-state index is 12.4. The molecule has 0 radical (unpaired) electrons. The molecule has 0 spiro atoms. The number of aryl methyl sites for hydroxylation is 1. The van der Waals surface area contributed by atoms with E-state index >= 15 is 0 Å². The Bertz CT molecular complexity index is 611. The van der Waals surface area contributed by atoms with Gasteiger partial charge in [0.05, 0.1) is 19.2 Å². The van der Waals surface area contributed by atoms with Crippen LogP contribution in [0.2, 0.25) is 0 Å². The third-order valence-electron chi connectivity index (χ3n) is 4.67. The Morgan fingerprint density at radius 3 is 2.91 bits per heavy atom. The molecule has 5 nitrogen and oxygen atoms in total. The van der Waals surface area contributed by atoms with Crippen molar-refractivity contribution in [2.45, 2.75) is 39.0 Å². The topological polar surface area (TPSA) is 58.6 Å². The van der Waals surface area contributed by atoms with Crippen LogP contribution in [0.1, 0.15) is 47.0 Å². The Labute approximate surface area is 141 Å². The van der Waals surface area contributed by atoms with Crippen molar-refractivity contribution in [3.05, 3.63) is 16.0 Å². The zero-order chi connectivity index (χ0) is 16.4. The SMILES string of the molecule is COC(=O)c1c(NC(=O)CN2CCC[C@@H](C)C2)sc2c1CCC2. The second-order valence-corrected chi connectivity index (χ2v) is 7.69. The van der Waals surface area contributed by atoms with Crippen LogP contribution in [0, 0.1) is 5.92 Å². The standard InChI is InChI=1S/C17H24N2O3S/c1-11-5-4-8-19(9-11)10-14(20)18-16-15(17(21)22-2)12-6-3-7-13(12)23-16/h11H,3-10H2,1-2H3,(H,18,20)/t11-/m1/s1. The third kappa shape index (κ3) is 3.58. The predicted molar refractivity (Wildman–Crippen MR) is 91.2 cm³/mol. The largest absolute Gasteiger partial charge is 0.465 e. The number of anilines is 1. The van der Waals surface area contributed by atoms with Crippen LogP contribution in [-0.4, -0.2) is 43.5 Å². The Morgan fingerprint density at radius 2 is 2.17 bits per heavy atom. The van der Waals surface area contributed by atoms with Gasteiger partial charge in [-0.2, -0.15) is 0 Å². The van der Waals surface area contributed by atoms with E-state index in [-0.39, 0.29) is 11.9 Å².